The molecule has 1 aliphatic rings. The molecule has 0 aromatic heterocycles. The SMILES string of the molecule is COc1ccc2c(c1)CCC2NC(=O)CCCCCCC(=O)CO. The second kappa shape index (κ2) is 9.42. The molecule has 0 spiro atoms. The van der Waals surface area contributed by atoms with Crippen LogP contribution in [-0.2, 0) is 16.0 Å². The number of methoxy groups -OCH3 is 1. The van der Waals surface area contributed by atoms with Crippen molar-refractivity contribution in [2.24, 2.45) is 0 Å². The number of aliphatic hydroxyl groups is 1. The van der Waals surface area contributed by atoms with Gasteiger partial charge < -0.3 is 15.2 Å². The molecule has 24 heavy (non-hydrogen) atoms. The molecule has 1 aromatic carbocycles. The van der Waals surface area contributed by atoms with Gasteiger partial charge in [-0.15, -0.1) is 0 Å². The Kier molecular flexibility index (Phi) is 7.25. The number of ether oxygens (including phenoxy) is 1. The molecule has 1 atom stereocenters. The van der Waals surface area contributed by atoms with Crippen LogP contribution in [0.5, 0.6) is 5.75 Å². The minimum Gasteiger partial charge on any atom is -0.497 e. The van der Waals surface area contributed by atoms with Crippen molar-refractivity contribution in [2.45, 2.75) is 57.4 Å². The van der Waals surface area contributed by atoms with Gasteiger partial charge >= 0.3 is 0 Å². The summed E-state index contributed by atoms with van der Waals surface area (Å²) in [5.74, 6) is 0.847. The summed E-state index contributed by atoms with van der Waals surface area (Å²) in [4.78, 5) is 23.1. The van der Waals surface area contributed by atoms with E-state index in [0.29, 0.717) is 12.8 Å². The number of Topliss-reactive ketones (excluding diaryl/α,β-unsaturated/α-hetero) is 1. The van der Waals surface area contributed by atoms with Crippen LogP contribution in [-0.4, -0.2) is 30.5 Å². The number of nitrogens with one attached hydrogen (secondary N) is 1. The third-order valence-electron chi connectivity index (χ3n) is 4.55. The minimum absolute atomic E-state index is 0.0927. The maximum Gasteiger partial charge on any atom is 0.220 e. The summed E-state index contributed by atoms with van der Waals surface area (Å²) < 4.78 is 5.24. The molecule has 0 fully saturated rings. The van der Waals surface area contributed by atoms with Crippen molar-refractivity contribution >= 4 is 11.7 Å². The predicted molar refractivity (Wildman–Crippen MR) is 92.0 cm³/mol. The molecule has 0 saturated heterocycles. The number of ketones is 1. The standard InChI is InChI=1S/C19H27NO4/c1-24-16-9-10-17-14(12-16)8-11-18(17)20-19(23)7-5-3-2-4-6-15(22)13-21/h9-10,12,18,21H,2-8,11,13H2,1H3,(H,20,23). The molecule has 0 aliphatic heterocycles. The van der Waals surface area contributed by atoms with Crippen LogP contribution < -0.4 is 10.1 Å². The second-order valence-corrected chi connectivity index (χ2v) is 6.33. The van der Waals surface area contributed by atoms with Crippen molar-refractivity contribution in [1.29, 1.82) is 0 Å². The first-order valence-corrected chi connectivity index (χ1v) is 8.72. The smallest absolute Gasteiger partial charge is 0.220 e. The van der Waals surface area contributed by atoms with Gasteiger partial charge in [0.15, 0.2) is 5.78 Å². The number of fused-ring (bicyclic) bond motifs is 1. The van der Waals surface area contributed by atoms with E-state index in [1.165, 1.54) is 11.1 Å². The van der Waals surface area contributed by atoms with Crippen molar-refractivity contribution < 1.29 is 19.4 Å². The van der Waals surface area contributed by atoms with Crippen LogP contribution in [0, 0.1) is 0 Å². The maximum atomic E-state index is 12.1. The summed E-state index contributed by atoms with van der Waals surface area (Å²) >= 11 is 0. The summed E-state index contributed by atoms with van der Waals surface area (Å²) in [6.07, 6.45) is 6.35. The van der Waals surface area contributed by atoms with Gasteiger partial charge in [0, 0.05) is 12.8 Å². The van der Waals surface area contributed by atoms with Gasteiger partial charge in [-0.2, -0.15) is 0 Å². The van der Waals surface area contributed by atoms with Crippen molar-refractivity contribution in [3.05, 3.63) is 29.3 Å². The van der Waals surface area contributed by atoms with Crippen molar-refractivity contribution in [3.8, 4) is 5.75 Å². The summed E-state index contributed by atoms with van der Waals surface area (Å²) in [5, 5.41) is 11.8. The fourth-order valence-corrected chi connectivity index (χ4v) is 3.18. The van der Waals surface area contributed by atoms with Crippen LogP contribution in [0.4, 0.5) is 0 Å². The summed E-state index contributed by atoms with van der Waals surface area (Å²) in [6, 6.07) is 6.15. The van der Waals surface area contributed by atoms with Crippen molar-refractivity contribution in [1.82, 2.24) is 5.32 Å². The zero-order valence-corrected chi connectivity index (χ0v) is 14.3. The zero-order chi connectivity index (χ0) is 17.4. The Bertz CT molecular complexity index is 570. The van der Waals surface area contributed by atoms with Gasteiger partial charge in [-0.25, -0.2) is 0 Å². The lowest BCUT2D eigenvalue weighted by molar-refractivity contribution is -0.122. The lowest BCUT2D eigenvalue weighted by atomic mass is 10.1. The number of benzene rings is 1. The summed E-state index contributed by atoms with van der Waals surface area (Å²) in [7, 11) is 1.66. The normalized spacial score (nSPS) is 15.8. The molecule has 1 aliphatic carbocycles. The number of carbonyl (C=O) groups is 2. The topological polar surface area (TPSA) is 75.6 Å². The largest absolute Gasteiger partial charge is 0.497 e. The lowest BCUT2D eigenvalue weighted by Gasteiger charge is -2.14. The number of aliphatic hydroxyl groups excluding tert-OH is 1. The molecule has 0 radical (unpaired) electrons. The molecule has 1 aromatic rings. The Labute approximate surface area is 143 Å². The van der Waals surface area contributed by atoms with E-state index in [9.17, 15) is 9.59 Å². The minimum atomic E-state index is -0.364. The van der Waals surface area contributed by atoms with Crippen LogP contribution in [0.25, 0.3) is 0 Å². The predicted octanol–water partition coefficient (Wildman–Crippen LogP) is 2.70. The molecule has 1 amide bonds. The Morgan fingerprint density at radius 3 is 2.67 bits per heavy atom. The van der Waals surface area contributed by atoms with Gasteiger partial charge in [-0.1, -0.05) is 18.9 Å². The third kappa shape index (κ3) is 5.34. The second-order valence-electron chi connectivity index (χ2n) is 6.33. The third-order valence-corrected chi connectivity index (χ3v) is 4.55. The first kappa shape index (κ1) is 18.5. The summed E-state index contributed by atoms with van der Waals surface area (Å²) in [5.41, 5.74) is 2.46. The molecular weight excluding hydrogens is 306 g/mol. The first-order chi connectivity index (χ1) is 11.6. The molecule has 2 N–H and O–H groups in total. The Morgan fingerprint density at radius 2 is 1.96 bits per heavy atom. The number of rotatable bonds is 10. The van der Waals surface area contributed by atoms with Crippen LogP contribution in [0.1, 0.15) is 62.1 Å². The van der Waals surface area contributed by atoms with E-state index in [1.54, 1.807) is 7.11 Å². The molecule has 0 saturated carbocycles. The molecule has 0 bridgehead atoms. The monoisotopic (exact) mass is 333 g/mol. The number of amides is 1. The lowest BCUT2D eigenvalue weighted by Crippen LogP contribution is -2.26. The van der Waals surface area contributed by atoms with Gasteiger partial charge in [0.05, 0.1) is 13.2 Å². The Morgan fingerprint density at radius 1 is 1.21 bits per heavy atom. The van der Waals surface area contributed by atoms with Crippen LogP contribution in [0.2, 0.25) is 0 Å². The average Bonchev–Trinajstić information content (AvgIpc) is 2.99. The van der Waals surface area contributed by atoms with E-state index in [0.717, 1.165) is 44.3 Å². The Balaban J connectivity index is 1.66. The van der Waals surface area contributed by atoms with Gasteiger partial charge in [0.25, 0.3) is 0 Å². The molecule has 0 heterocycles. The van der Waals surface area contributed by atoms with Crippen molar-refractivity contribution in [3.63, 3.8) is 0 Å². The quantitative estimate of drug-likeness (QED) is 0.646. The number of unbranched alkanes of at least 4 members (excludes halogenated alkanes) is 3. The van der Waals surface area contributed by atoms with E-state index in [-0.39, 0.29) is 24.3 Å². The maximum absolute atomic E-state index is 12.1. The number of carbonyl (C=O) groups excluding carboxylic acids is 2. The molecule has 132 valence electrons. The Hall–Kier alpha value is -1.88. The highest BCUT2D eigenvalue weighted by Crippen LogP contribution is 2.33. The highest BCUT2D eigenvalue weighted by atomic mass is 16.5. The van der Waals surface area contributed by atoms with Gasteiger partial charge in [-0.3, -0.25) is 9.59 Å². The van der Waals surface area contributed by atoms with E-state index in [2.05, 4.69) is 11.4 Å². The van der Waals surface area contributed by atoms with Gasteiger partial charge in [0.2, 0.25) is 5.91 Å². The van der Waals surface area contributed by atoms with Crippen LogP contribution in [0.3, 0.4) is 0 Å². The molecular formula is C19H27NO4. The molecule has 1 unspecified atom stereocenters. The van der Waals surface area contributed by atoms with Gasteiger partial charge in [-0.05, 0) is 48.9 Å². The number of aryl methyl sites for hydroxylation is 1. The first-order valence-electron chi connectivity index (χ1n) is 8.72. The fourth-order valence-electron chi connectivity index (χ4n) is 3.18. The molecule has 2 rings (SSSR count). The highest BCUT2D eigenvalue weighted by molar-refractivity contribution is 5.79. The highest BCUT2D eigenvalue weighted by Gasteiger charge is 2.24. The summed E-state index contributed by atoms with van der Waals surface area (Å²) in [6.45, 7) is -0.364. The fraction of sp³-hybridized carbons (Fsp3) is 0.579. The van der Waals surface area contributed by atoms with E-state index in [4.69, 9.17) is 9.84 Å². The van der Waals surface area contributed by atoms with E-state index < -0.39 is 0 Å². The molecule has 5 nitrogen and oxygen atoms in total. The zero-order valence-electron chi connectivity index (χ0n) is 14.3. The van der Waals surface area contributed by atoms with E-state index >= 15 is 0 Å². The number of hydrogen-bond acceptors (Lipinski definition) is 4. The van der Waals surface area contributed by atoms with E-state index in [1.807, 2.05) is 12.1 Å². The molecule has 5 heteroatoms. The van der Waals surface area contributed by atoms with Crippen LogP contribution >= 0.6 is 0 Å². The number of hydrogen-bond donors (Lipinski definition) is 2. The van der Waals surface area contributed by atoms with Crippen LogP contribution in [0.15, 0.2) is 18.2 Å². The van der Waals surface area contributed by atoms with Crippen molar-refractivity contribution in [2.75, 3.05) is 13.7 Å². The average molecular weight is 333 g/mol. The van der Waals surface area contributed by atoms with Gasteiger partial charge in [0.1, 0.15) is 12.4 Å².